The fourth-order valence-electron chi connectivity index (χ4n) is 2.14. The van der Waals surface area contributed by atoms with Crippen LogP contribution in [0.1, 0.15) is 30.5 Å². The fraction of sp³-hybridized carbons (Fsp3) is 0.333. The van der Waals surface area contributed by atoms with E-state index in [1.165, 1.54) is 5.56 Å². The standard InChI is InChI=1S/C18H22ClNO/c1-13(2)20-11-15-9-6-7-14(3)18(15)21-12-16-8-4-5-10-17(16)19/h4-10,13,20H,11-12H2,1-3H3. The van der Waals surface area contributed by atoms with Gasteiger partial charge in [0.2, 0.25) is 0 Å². The molecule has 0 heterocycles. The molecule has 2 aromatic rings. The van der Waals surface area contributed by atoms with Crippen molar-refractivity contribution in [3.8, 4) is 5.75 Å². The lowest BCUT2D eigenvalue weighted by atomic mass is 10.1. The molecule has 0 saturated carbocycles. The first-order valence-electron chi connectivity index (χ1n) is 7.26. The summed E-state index contributed by atoms with van der Waals surface area (Å²) in [5, 5.41) is 4.18. The summed E-state index contributed by atoms with van der Waals surface area (Å²) in [5.41, 5.74) is 3.33. The van der Waals surface area contributed by atoms with E-state index in [0.717, 1.165) is 28.4 Å². The van der Waals surface area contributed by atoms with Gasteiger partial charge in [-0.25, -0.2) is 0 Å². The Kier molecular flexibility index (Phi) is 5.66. The van der Waals surface area contributed by atoms with Gasteiger partial charge in [0, 0.05) is 28.7 Å². The van der Waals surface area contributed by atoms with Crippen LogP contribution in [0.4, 0.5) is 0 Å². The van der Waals surface area contributed by atoms with E-state index in [4.69, 9.17) is 16.3 Å². The Morgan fingerprint density at radius 3 is 2.48 bits per heavy atom. The molecule has 0 aliphatic rings. The van der Waals surface area contributed by atoms with Crippen LogP contribution in [0.15, 0.2) is 42.5 Å². The van der Waals surface area contributed by atoms with Crippen LogP contribution >= 0.6 is 11.6 Å². The van der Waals surface area contributed by atoms with Crippen molar-refractivity contribution in [1.29, 1.82) is 0 Å². The second kappa shape index (κ2) is 7.48. The summed E-state index contributed by atoms with van der Waals surface area (Å²) in [6.45, 7) is 7.64. The maximum Gasteiger partial charge on any atom is 0.127 e. The summed E-state index contributed by atoms with van der Waals surface area (Å²) in [6.07, 6.45) is 0. The zero-order valence-corrected chi connectivity index (χ0v) is 13.6. The van der Waals surface area contributed by atoms with E-state index in [1.807, 2.05) is 24.3 Å². The number of aryl methyl sites for hydroxylation is 1. The third kappa shape index (κ3) is 4.48. The topological polar surface area (TPSA) is 21.3 Å². The maximum absolute atomic E-state index is 6.18. The predicted octanol–water partition coefficient (Wildman–Crippen LogP) is 4.73. The van der Waals surface area contributed by atoms with Gasteiger partial charge in [0.05, 0.1) is 0 Å². The van der Waals surface area contributed by atoms with Crippen LogP contribution in [0.3, 0.4) is 0 Å². The Balaban J connectivity index is 2.13. The van der Waals surface area contributed by atoms with Crippen LogP contribution in [0.5, 0.6) is 5.75 Å². The monoisotopic (exact) mass is 303 g/mol. The maximum atomic E-state index is 6.18. The van der Waals surface area contributed by atoms with Crippen molar-refractivity contribution in [1.82, 2.24) is 5.32 Å². The molecule has 0 spiro atoms. The van der Waals surface area contributed by atoms with Crippen LogP contribution in [-0.4, -0.2) is 6.04 Å². The highest BCUT2D eigenvalue weighted by Crippen LogP contribution is 2.26. The van der Waals surface area contributed by atoms with E-state index in [9.17, 15) is 0 Å². The van der Waals surface area contributed by atoms with Crippen molar-refractivity contribution in [3.63, 3.8) is 0 Å². The minimum Gasteiger partial charge on any atom is -0.488 e. The molecular weight excluding hydrogens is 282 g/mol. The number of hydrogen-bond donors (Lipinski definition) is 1. The van der Waals surface area contributed by atoms with Crippen LogP contribution in [0.2, 0.25) is 5.02 Å². The molecule has 0 fully saturated rings. The van der Waals surface area contributed by atoms with E-state index < -0.39 is 0 Å². The fourth-order valence-corrected chi connectivity index (χ4v) is 2.33. The Morgan fingerprint density at radius 2 is 1.76 bits per heavy atom. The molecular formula is C18H22ClNO. The Hall–Kier alpha value is -1.51. The van der Waals surface area contributed by atoms with Gasteiger partial charge in [0.1, 0.15) is 12.4 Å². The minimum atomic E-state index is 0.446. The molecule has 2 nitrogen and oxygen atoms in total. The van der Waals surface area contributed by atoms with Crippen LogP contribution in [0, 0.1) is 6.92 Å². The Morgan fingerprint density at radius 1 is 1.05 bits per heavy atom. The lowest BCUT2D eigenvalue weighted by Crippen LogP contribution is -2.22. The summed E-state index contributed by atoms with van der Waals surface area (Å²) < 4.78 is 6.04. The van der Waals surface area contributed by atoms with Gasteiger partial charge in [-0.05, 0) is 18.6 Å². The van der Waals surface area contributed by atoms with Crippen LogP contribution < -0.4 is 10.1 Å². The molecule has 112 valence electrons. The number of ether oxygens (including phenoxy) is 1. The molecule has 21 heavy (non-hydrogen) atoms. The van der Waals surface area contributed by atoms with Crippen molar-refractivity contribution < 1.29 is 4.74 Å². The largest absolute Gasteiger partial charge is 0.488 e. The summed E-state index contributed by atoms with van der Waals surface area (Å²) in [6, 6.07) is 14.5. The van der Waals surface area contributed by atoms with Gasteiger partial charge in [-0.1, -0.05) is 61.8 Å². The third-order valence-corrected chi connectivity index (χ3v) is 3.69. The van der Waals surface area contributed by atoms with Gasteiger partial charge in [-0.15, -0.1) is 0 Å². The van der Waals surface area contributed by atoms with Gasteiger partial charge in [-0.2, -0.15) is 0 Å². The van der Waals surface area contributed by atoms with Gasteiger partial charge in [-0.3, -0.25) is 0 Å². The van der Waals surface area contributed by atoms with Crippen LogP contribution in [0.25, 0.3) is 0 Å². The van der Waals surface area contributed by atoms with Crippen LogP contribution in [-0.2, 0) is 13.2 Å². The molecule has 3 heteroatoms. The molecule has 2 rings (SSSR count). The molecule has 0 aromatic heterocycles. The van der Waals surface area contributed by atoms with Crippen molar-refractivity contribution in [2.75, 3.05) is 0 Å². The van der Waals surface area contributed by atoms with E-state index in [2.05, 4.69) is 44.3 Å². The predicted molar refractivity (Wildman–Crippen MR) is 88.9 cm³/mol. The Labute approximate surface area is 132 Å². The van der Waals surface area contributed by atoms with E-state index in [1.54, 1.807) is 0 Å². The zero-order chi connectivity index (χ0) is 15.2. The lowest BCUT2D eigenvalue weighted by molar-refractivity contribution is 0.299. The summed E-state index contributed by atoms with van der Waals surface area (Å²) in [7, 11) is 0. The average molecular weight is 304 g/mol. The molecule has 1 N–H and O–H groups in total. The number of halogens is 1. The summed E-state index contributed by atoms with van der Waals surface area (Å²) >= 11 is 6.18. The van der Waals surface area contributed by atoms with Gasteiger partial charge in [0.25, 0.3) is 0 Å². The zero-order valence-electron chi connectivity index (χ0n) is 12.8. The number of para-hydroxylation sites is 1. The molecule has 0 aliphatic heterocycles. The van der Waals surface area contributed by atoms with Gasteiger partial charge in [0.15, 0.2) is 0 Å². The molecule has 0 unspecified atom stereocenters. The van der Waals surface area contributed by atoms with Gasteiger partial charge < -0.3 is 10.1 Å². The number of nitrogens with one attached hydrogen (secondary N) is 1. The van der Waals surface area contributed by atoms with Crippen molar-refractivity contribution in [3.05, 3.63) is 64.2 Å². The third-order valence-electron chi connectivity index (χ3n) is 3.32. The number of rotatable bonds is 6. The second-order valence-electron chi connectivity index (χ2n) is 5.48. The molecule has 0 aliphatic carbocycles. The first-order chi connectivity index (χ1) is 10.1. The molecule has 0 atom stereocenters. The first kappa shape index (κ1) is 15.9. The quantitative estimate of drug-likeness (QED) is 0.833. The molecule has 0 amide bonds. The van der Waals surface area contributed by atoms with Crippen molar-refractivity contribution in [2.45, 2.75) is 40.0 Å². The second-order valence-corrected chi connectivity index (χ2v) is 5.89. The summed E-state index contributed by atoms with van der Waals surface area (Å²) in [4.78, 5) is 0. The molecule has 0 radical (unpaired) electrons. The van der Waals surface area contributed by atoms with E-state index in [-0.39, 0.29) is 0 Å². The van der Waals surface area contributed by atoms with Crippen molar-refractivity contribution in [2.24, 2.45) is 0 Å². The number of hydrogen-bond acceptors (Lipinski definition) is 2. The minimum absolute atomic E-state index is 0.446. The first-order valence-corrected chi connectivity index (χ1v) is 7.64. The molecule has 0 saturated heterocycles. The molecule has 0 bridgehead atoms. The van der Waals surface area contributed by atoms with E-state index in [0.29, 0.717) is 12.6 Å². The smallest absolute Gasteiger partial charge is 0.127 e. The van der Waals surface area contributed by atoms with Crippen molar-refractivity contribution >= 4 is 11.6 Å². The highest BCUT2D eigenvalue weighted by Gasteiger charge is 2.09. The average Bonchev–Trinajstić information content (AvgIpc) is 2.45. The summed E-state index contributed by atoms with van der Waals surface area (Å²) in [5.74, 6) is 0.950. The van der Waals surface area contributed by atoms with Gasteiger partial charge >= 0.3 is 0 Å². The highest BCUT2D eigenvalue weighted by molar-refractivity contribution is 6.31. The lowest BCUT2D eigenvalue weighted by Gasteiger charge is -2.16. The Bertz CT molecular complexity index is 596. The normalized spacial score (nSPS) is 10.9. The number of benzene rings is 2. The SMILES string of the molecule is Cc1cccc(CNC(C)C)c1OCc1ccccc1Cl. The molecule has 2 aromatic carbocycles. The highest BCUT2D eigenvalue weighted by atomic mass is 35.5. The van der Waals surface area contributed by atoms with E-state index >= 15 is 0 Å².